The molecule has 0 aromatic rings. The summed E-state index contributed by atoms with van der Waals surface area (Å²) < 4.78 is 5.26. The van der Waals surface area contributed by atoms with Gasteiger partial charge in [-0.25, -0.2) is 4.79 Å². The maximum absolute atomic E-state index is 11.7. The summed E-state index contributed by atoms with van der Waals surface area (Å²) >= 11 is 5.47. The van der Waals surface area contributed by atoms with Gasteiger partial charge < -0.3 is 14.5 Å². The Morgan fingerprint density at radius 2 is 1.47 bits per heavy atom. The molecular formula is C13H25ClN2O3. The van der Waals surface area contributed by atoms with Gasteiger partial charge in [0, 0.05) is 26.2 Å². The van der Waals surface area contributed by atoms with Crippen LogP contribution in [0, 0.1) is 0 Å². The topological polar surface area (TPSA) is 49.9 Å². The number of ether oxygens (including phenoxy) is 1. The first-order valence-electron chi connectivity index (χ1n) is 6.65. The van der Waals surface area contributed by atoms with E-state index in [1.807, 2.05) is 34.6 Å². The Hall–Kier alpha value is -0.970. The van der Waals surface area contributed by atoms with E-state index in [0.29, 0.717) is 26.2 Å². The molecule has 5 nitrogen and oxygen atoms in total. The molecule has 0 aliphatic carbocycles. The second kappa shape index (κ2) is 8.25. The molecule has 1 saturated heterocycles. The number of nitrogens with zero attached hydrogens (tertiary/aromatic N) is 2. The van der Waals surface area contributed by atoms with Gasteiger partial charge in [-0.3, -0.25) is 4.79 Å². The zero-order valence-corrected chi connectivity index (χ0v) is 13.3. The van der Waals surface area contributed by atoms with Crippen molar-refractivity contribution in [2.75, 3.05) is 32.1 Å². The van der Waals surface area contributed by atoms with Crippen molar-refractivity contribution < 1.29 is 14.3 Å². The predicted octanol–water partition coefficient (Wildman–Crippen LogP) is 2.33. The average Bonchev–Trinajstić information content (AvgIpc) is 2.38. The van der Waals surface area contributed by atoms with Gasteiger partial charge in [-0.05, 0) is 20.8 Å². The highest BCUT2D eigenvalue weighted by molar-refractivity contribution is 6.27. The summed E-state index contributed by atoms with van der Waals surface area (Å²) in [5, 5.41) is 0. The van der Waals surface area contributed by atoms with Crippen molar-refractivity contribution in [1.82, 2.24) is 9.80 Å². The molecule has 0 N–H and O–H groups in total. The molecule has 6 heteroatoms. The maximum atomic E-state index is 11.7. The largest absolute Gasteiger partial charge is 0.444 e. The van der Waals surface area contributed by atoms with E-state index in [1.165, 1.54) is 0 Å². The Morgan fingerprint density at radius 1 is 1.05 bits per heavy atom. The van der Waals surface area contributed by atoms with Crippen molar-refractivity contribution >= 4 is 23.6 Å². The van der Waals surface area contributed by atoms with Crippen molar-refractivity contribution in [2.45, 2.75) is 40.2 Å². The fourth-order valence-electron chi connectivity index (χ4n) is 1.55. The summed E-state index contributed by atoms with van der Waals surface area (Å²) in [7, 11) is 0. The third kappa shape index (κ3) is 6.66. The molecular weight excluding hydrogens is 268 g/mol. The second-order valence-electron chi connectivity index (χ2n) is 4.98. The van der Waals surface area contributed by atoms with Crippen LogP contribution in [0.2, 0.25) is 0 Å². The van der Waals surface area contributed by atoms with Crippen LogP contribution in [0.5, 0.6) is 0 Å². The highest BCUT2D eigenvalue weighted by atomic mass is 35.5. The minimum absolute atomic E-state index is 0.00750. The zero-order chi connectivity index (χ0) is 15.1. The minimum Gasteiger partial charge on any atom is -0.444 e. The summed E-state index contributed by atoms with van der Waals surface area (Å²) in [5.41, 5.74) is -0.486. The average molecular weight is 293 g/mol. The van der Waals surface area contributed by atoms with Crippen LogP contribution in [-0.4, -0.2) is 59.5 Å². The van der Waals surface area contributed by atoms with E-state index >= 15 is 0 Å². The molecule has 1 aliphatic heterocycles. The molecule has 2 amide bonds. The first-order valence-corrected chi connectivity index (χ1v) is 7.18. The molecule has 0 spiro atoms. The smallest absolute Gasteiger partial charge is 0.410 e. The molecule has 0 aromatic carbocycles. The van der Waals surface area contributed by atoms with E-state index in [-0.39, 0.29) is 17.9 Å². The van der Waals surface area contributed by atoms with Gasteiger partial charge in [0.15, 0.2) is 0 Å². The number of piperazine rings is 1. The lowest BCUT2D eigenvalue weighted by molar-refractivity contribution is -0.130. The monoisotopic (exact) mass is 292 g/mol. The standard InChI is InChI=1S/C11H19ClN2O3.C2H6/c1-11(2,3)17-10(16)14-6-4-13(5-7-14)9(15)8-12;1-2/h4-8H2,1-3H3;1-2H3. The Bertz CT molecular complexity index is 295. The van der Waals surface area contributed by atoms with E-state index in [1.54, 1.807) is 9.80 Å². The number of hydrogen-bond donors (Lipinski definition) is 0. The second-order valence-corrected chi connectivity index (χ2v) is 5.25. The first kappa shape index (κ1) is 18.0. The van der Waals surface area contributed by atoms with Crippen molar-refractivity contribution in [1.29, 1.82) is 0 Å². The molecule has 0 radical (unpaired) electrons. The van der Waals surface area contributed by atoms with Crippen molar-refractivity contribution in [3.8, 4) is 0 Å². The van der Waals surface area contributed by atoms with Gasteiger partial charge in [0.05, 0.1) is 0 Å². The van der Waals surface area contributed by atoms with E-state index in [2.05, 4.69) is 0 Å². The van der Waals surface area contributed by atoms with Gasteiger partial charge >= 0.3 is 6.09 Å². The molecule has 0 saturated carbocycles. The van der Waals surface area contributed by atoms with Crippen molar-refractivity contribution in [3.63, 3.8) is 0 Å². The summed E-state index contributed by atoms with van der Waals surface area (Å²) in [6.07, 6.45) is -0.324. The number of rotatable bonds is 1. The number of carbonyl (C=O) groups is 2. The maximum Gasteiger partial charge on any atom is 0.410 e. The van der Waals surface area contributed by atoms with Crippen LogP contribution >= 0.6 is 11.6 Å². The Kier molecular flexibility index (Phi) is 7.83. The number of alkyl halides is 1. The van der Waals surface area contributed by atoms with Crippen LogP contribution in [0.1, 0.15) is 34.6 Å². The van der Waals surface area contributed by atoms with Crippen LogP contribution in [0.4, 0.5) is 4.79 Å². The van der Waals surface area contributed by atoms with Gasteiger partial charge in [-0.1, -0.05) is 13.8 Å². The Labute approximate surface area is 120 Å². The summed E-state index contributed by atoms with van der Waals surface area (Å²) in [6, 6.07) is 0. The first-order chi connectivity index (χ1) is 8.83. The highest BCUT2D eigenvalue weighted by Crippen LogP contribution is 2.11. The van der Waals surface area contributed by atoms with Crippen LogP contribution in [0.25, 0.3) is 0 Å². The number of amides is 2. The number of hydrogen-bond acceptors (Lipinski definition) is 3. The summed E-state index contributed by atoms with van der Waals surface area (Å²) in [4.78, 5) is 26.3. The molecule has 19 heavy (non-hydrogen) atoms. The number of halogens is 1. The van der Waals surface area contributed by atoms with E-state index < -0.39 is 5.60 Å². The predicted molar refractivity (Wildman–Crippen MR) is 76.5 cm³/mol. The summed E-state index contributed by atoms with van der Waals surface area (Å²) in [6.45, 7) is 11.5. The summed E-state index contributed by atoms with van der Waals surface area (Å²) in [5.74, 6) is -0.0950. The molecule has 112 valence electrons. The SMILES string of the molecule is CC.CC(C)(C)OC(=O)N1CCN(C(=O)CCl)CC1. The van der Waals surface area contributed by atoms with Gasteiger partial charge in [-0.2, -0.15) is 0 Å². The molecule has 0 atom stereocenters. The van der Waals surface area contributed by atoms with Crippen LogP contribution in [0.15, 0.2) is 0 Å². The van der Waals surface area contributed by atoms with E-state index in [0.717, 1.165) is 0 Å². The Morgan fingerprint density at radius 3 is 1.84 bits per heavy atom. The third-order valence-corrected chi connectivity index (χ3v) is 2.63. The fraction of sp³-hybridized carbons (Fsp3) is 0.846. The van der Waals surface area contributed by atoms with Crippen LogP contribution < -0.4 is 0 Å². The third-order valence-electron chi connectivity index (χ3n) is 2.40. The normalized spacial score (nSPS) is 15.5. The zero-order valence-electron chi connectivity index (χ0n) is 12.5. The lowest BCUT2D eigenvalue weighted by Crippen LogP contribution is -2.51. The van der Waals surface area contributed by atoms with Gasteiger partial charge in [0.1, 0.15) is 11.5 Å². The number of carbonyl (C=O) groups excluding carboxylic acids is 2. The van der Waals surface area contributed by atoms with Gasteiger partial charge in [0.2, 0.25) is 5.91 Å². The molecule has 1 fully saturated rings. The molecule has 1 heterocycles. The lowest BCUT2D eigenvalue weighted by Gasteiger charge is -2.35. The molecule has 0 aromatic heterocycles. The van der Waals surface area contributed by atoms with Crippen molar-refractivity contribution in [2.24, 2.45) is 0 Å². The molecule has 0 bridgehead atoms. The van der Waals surface area contributed by atoms with Crippen molar-refractivity contribution in [3.05, 3.63) is 0 Å². The minimum atomic E-state index is -0.486. The van der Waals surface area contributed by atoms with Gasteiger partial charge in [0.25, 0.3) is 0 Å². The lowest BCUT2D eigenvalue weighted by atomic mass is 10.2. The van der Waals surface area contributed by atoms with Crippen LogP contribution in [0.3, 0.4) is 0 Å². The van der Waals surface area contributed by atoms with Gasteiger partial charge in [-0.15, -0.1) is 11.6 Å². The van der Waals surface area contributed by atoms with E-state index in [9.17, 15) is 9.59 Å². The van der Waals surface area contributed by atoms with E-state index in [4.69, 9.17) is 16.3 Å². The quantitative estimate of drug-likeness (QED) is 0.697. The molecule has 0 unspecified atom stereocenters. The molecule has 1 rings (SSSR count). The fourth-order valence-corrected chi connectivity index (χ4v) is 1.72. The molecule has 1 aliphatic rings. The Balaban J connectivity index is 0.00000154. The highest BCUT2D eigenvalue weighted by Gasteiger charge is 2.27. The van der Waals surface area contributed by atoms with Crippen LogP contribution in [-0.2, 0) is 9.53 Å².